The summed E-state index contributed by atoms with van der Waals surface area (Å²) in [6.07, 6.45) is 0. The Balaban J connectivity index is 2.11. The molecule has 1 heterocycles. The first-order valence-electron chi connectivity index (χ1n) is 5.88. The van der Waals surface area contributed by atoms with Gasteiger partial charge in [0.25, 0.3) is 0 Å². The highest BCUT2D eigenvalue weighted by Gasteiger charge is 2.17. The van der Waals surface area contributed by atoms with E-state index in [0.29, 0.717) is 11.6 Å². The van der Waals surface area contributed by atoms with Crippen LogP contribution in [0.1, 0.15) is 15.9 Å². The number of carbonyl (C=O) groups is 1. The van der Waals surface area contributed by atoms with E-state index >= 15 is 0 Å². The van der Waals surface area contributed by atoms with Crippen LogP contribution in [0, 0.1) is 11.6 Å². The fourth-order valence-electron chi connectivity index (χ4n) is 1.98. The zero-order valence-corrected chi connectivity index (χ0v) is 10.4. The Hall–Kier alpha value is -2.96. The Morgan fingerprint density at radius 3 is 2.67 bits per heavy atom. The molecule has 0 saturated carbocycles. The molecular formula is C14H8F2N2O3. The number of oxazole rings is 1. The van der Waals surface area contributed by atoms with Gasteiger partial charge in [-0.05, 0) is 24.3 Å². The number of carbonyl (C=O) groups excluding carboxylic acids is 1. The highest BCUT2D eigenvalue weighted by atomic mass is 19.1. The first-order valence-corrected chi connectivity index (χ1v) is 5.88. The lowest BCUT2D eigenvalue weighted by molar-refractivity contribution is 0.103. The van der Waals surface area contributed by atoms with Crippen LogP contribution in [0.25, 0.3) is 11.1 Å². The molecule has 0 bridgehead atoms. The van der Waals surface area contributed by atoms with Crippen LogP contribution in [0.4, 0.5) is 14.5 Å². The van der Waals surface area contributed by atoms with Crippen LogP contribution in [0.5, 0.6) is 0 Å². The van der Waals surface area contributed by atoms with Gasteiger partial charge in [-0.3, -0.25) is 9.78 Å². The molecule has 0 spiro atoms. The summed E-state index contributed by atoms with van der Waals surface area (Å²) in [6, 6.07) is 5.64. The molecule has 0 aliphatic rings. The molecule has 106 valence electrons. The molecule has 0 fully saturated rings. The molecule has 0 unspecified atom stereocenters. The quantitative estimate of drug-likeness (QED) is 0.559. The average molecular weight is 290 g/mol. The van der Waals surface area contributed by atoms with Gasteiger partial charge in [-0.2, -0.15) is 0 Å². The zero-order chi connectivity index (χ0) is 15.1. The van der Waals surface area contributed by atoms with Crippen molar-refractivity contribution < 1.29 is 18.0 Å². The molecule has 0 radical (unpaired) electrons. The Bertz CT molecular complexity index is 928. The number of nitrogen functional groups attached to an aromatic ring is 1. The number of H-pyrrole nitrogens is 1. The summed E-state index contributed by atoms with van der Waals surface area (Å²) < 4.78 is 31.6. The van der Waals surface area contributed by atoms with E-state index in [0.717, 1.165) is 6.07 Å². The molecule has 0 atom stereocenters. The SMILES string of the molecule is Nc1cc(C(=O)c2ccc3[nH]c(=O)oc3c2)c(F)cc1F. The van der Waals surface area contributed by atoms with Gasteiger partial charge in [0.2, 0.25) is 0 Å². The summed E-state index contributed by atoms with van der Waals surface area (Å²) in [6.45, 7) is 0. The van der Waals surface area contributed by atoms with E-state index in [2.05, 4.69) is 4.98 Å². The number of hydrogen-bond acceptors (Lipinski definition) is 4. The van der Waals surface area contributed by atoms with Gasteiger partial charge in [0.1, 0.15) is 11.6 Å². The van der Waals surface area contributed by atoms with Crippen molar-refractivity contribution in [2.24, 2.45) is 0 Å². The largest absolute Gasteiger partial charge is 0.417 e. The van der Waals surface area contributed by atoms with Gasteiger partial charge >= 0.3 is 5.76 Å². The molecule has 3 rings (SSSR count). The number of ketones is 1. The summed E-state index contributed by atoms with van der Waals surface area (Å²) >= 11 is 0. The Kier molecular flexibility index (Phi) is 2.83. The van der Waals surface area contributed by atoms with Crippen molar-refractivity contribution in [3.8, 4) is 0 Å². The van der Waals surface area contributed by atoms with Crippen molar-refractivity contribution in [2.75, 3.05) is 5.73 Å². The molecular weight excluding hydrogens is 282 g/mol. The van der Waals surface area contributed by atoms with Crippen molar-refractivity contribution in [1.82, 2.24) is 4.98 Å². The van der Waals surface area contributed by atoms with Crippen molar-refractivity contribution in [3.05, 3.63) is 63.6 Å². The Morgan fingerprint density at radius 1 is 1.14 bits per heavy atom. The van der Waals surface area contributed by atoms with Gasteiger partial charge < -0.3 is 10.2 Å². The fourth-order valence-corrected chi connectivity index (χ4v) is 1.98. The predicted octanol–water partition coefficient (Wildman–Crippen LogP) is 2.21. The van der Waals surface area contributed by atoms with Crippen LogP contribution in [0.3, 0.4) is 0 Å². The maximum atomic E-state index is 13.7. The molecule has 5 nitrogen and oxygen atoms in total. The van der Waals surface area contributed by atoms with Crippen LogP contribution < -0.4 is 11.5 Å². The number of hydrogen-bond donors (Lipinski definition) is 2. The van der Waals surface area contributed by atoms with Gasteiger partial charge in [0.05, 0.1) is 16.8 Å². The van der Waals surface area contributed by atoms with Crippen molar-refractivity contribution in [2.45, 2.75) is 0 Å². The molecule has 0 amide bonds. The normalized spacial score (nSPS) is 11.0. The van der Waals surface area contributed by atoms with E-state index in [9.17, 15) is 18.4 Å². The van der Waals surface area contributed by atoms with Crippen molar-refractivity contribution >= 4 is 22.6 Å². The van der Waals surface area contributed by atoms with E-state index in [1.807, 2.05) is 0 Å². The van der Waals surface area contributed by atoms with Crippen LogP contribution in [0.2, 0.25) is 0 Å². The predicted molar refractivity (Wildman–Crippen MR) is 71.0 cm³/mol. The number of fused-ring (bicyclic) bond motifs is 1. The number of nitrogens with one attached hydrogen (secondary N) is 1. The summed E-state index contributed by atoms with van der Waals surface area (Å²) in [4.78, 5) is 25.7. The summed E-state index contributed by atoms with van der Waals surface area (Å²) in [5.41, 5.74) is 5.33. The molecule has 0 aliphatic carbocycles. The summed E-state index contributed by atoms with van der Waals surface area (Å²) in [5.74, 6) is -3.30. The van der Waals surface area contributed by atoms with Crippen LogP contribution in [0.15, 0.2) is 39.5 Å². The van der Waals surface area contributed by atoms with E-state index in [-0.39, 0.29) is 22.4 Å². The third-order valence-electron chi connectivity index (χ3n) is 3.01. The smallest absolute Gasteiger partial charge is 0.408 e. The van der Waals surface area contributed by atoms with Gasteiger partial charge in [0.15, 0.2) is 11.4 Å². The van der Waals surface area contributed by atoms with Crippen LogP contribution in [-0.4, -0.2) is 10.8 Å². The molecule has 3 aromatic rings. The van der Waals surface area contributed by atoms with Crippen molar-refractivity contribution in [3.63, 3.8) is 0 Å². The molecule has 21 heavy (non-hydrogen) atoms. The van der Waals surface area contributed by atoms with Crippen LogP contribution in [-0.2, 0) is 0 Å². The van der Waals surface area contributed by atoms with E-state index in [1.165, 1.54) is 18.2 Å². The second kappa shape index (κ2) is 4.55. The van der Waals surface area contributed by atoms with Crippen LogP contribution >= 0.6 is 0 Å². The number of benzene rings is 2. The van der Waals surface area contributed by atoms with Gasteiger partial charge in [0, 0.05) is 11.6 Å². The lowest BCUT2D eigenvalue weighted by Gasteiger charge is -2.05. The zero-order valence-electron chi connectivity index (χ0n) is 10.4. The van der Waals surface area contributed by atoms with Crippen molar-refractivity contribution in [1.29, 1.82) is 0 Å². The molecule has 1 aromatic heterocycles. The number of aromatic nitrogens is 1. The maximum absolute atomic E-state index is 13.7. The first kappa shape index (κ1) is 13.0. The third-order valence-corrected chi connectivity index (χ3v) is 3.01. The monoisotopic (exact) mass is 290 g/mol. The molecule has 3 N–H and O–H groups in total. The fraction of sp³-hybridized carbons (Fsp3) is 0. The summed E-state index contributed by atoms with van der Waals surface area (Å²) in [5, 5.41) is 0. The molecule has 0 aliphatic heterocycles. The number of anilines is 1. The van der Waals surface area contributed by atoms with Gasteiger partial charge in [-0.15, -0.1) is 0 Å². The number of aromatic amines is 1. The highest BCUT2D eigenvalue weighted by molar-refractivity contribution is 6.10. The Labute approximate surface area is 116 Å². The Morgan fingerprint density at radius 2 is 1.90 bits per heavy atom. The molecule has 2 aromatic carbocycles. The minimum atomic E-state index is -1.01. The lowest BCUT2D eigenvalue weighted by Crippen LogP contribution is -2.06. The number of rotatable bonds is 2. The second-order valence-electron chi connectivity index (χ2n) is 4.41. The number of nitrogens with two attached hydrogens (primary N) is 1. The molecule has 7 heteroatoms. The minimum absolute atomic E-state index is 0.0927. The van der Waals surface area contributed by atoms with E-state index in [1.54, 1.807) is 0 Å². The topological polar surface area (TPSA) is 89.1 Å². The van der Waals surface area contributed by atoms with E-state index in [4.69, 9.17) is 10.2 Å². The lowest BCUT2D eigenvalue weighted by atomic mass is 10.0. The molecule has 0 saturated heterocycles. The van der Waals surface area contributed by atoms with Gasteiger partial charge in [-0.1, -0.05) is 0 Å². The highest BCUT2D eigenvalue weighted by Crippen LogP contribution is 2.21. The number of halogens is 2. The summed E-state index contributed by atoms with van der Waals surface area (Å²) in [7, 11) is 0. The van der Waals surface area contributed by atoms with E-state index < -0.39 is 23.2 Å². The standard InChI is InChI=1S/C14H8F2N2O3/c15-8-5-9(16)10(17)4-7(8)13(19)6-1-2-11-12(3-6)21-14(20)18-11/h1-5H,17H2,(H,18,20). The average Bonchev–Trinajstić information content (AvgIpc) is 2.81. The minimum Gasteiger partial charge on any atom is -0.408 e. The third kappa shape index (κ3) is 2.18. The first-order chi connectivity index (χ1) is 9.95. The van der Waals surface area contributed by atoms with Gasteiger partial charge in [-0.25, -0.2) is 13.6 Å². The second-order valence-corrected chi connectivity index (χ2v) is 4.41. The maximum Gasteiger partial charge on any atom is 0.417 e.